The van der Waals surface area contributed by atoms with Crippen LogP contribution in [0.15, 0.2) is 0 Å². The minimum absolute atomic E-state index is 0.0139. The fourth-order valence-electron chi connectivity index (χ4n) is 3.40. The highest BCUT2D eigenvalue weighted by Crippen LogP contribution is 2.59. The molecule has 2 aliphatic carbocycles. The lowest BCUT2D eigenvalue weighted by molar-refractivity contribution is -0.130. The first-order valence-corrected chi connectivity index (χ1v) is 5.19. The molecule has 2 rings (SSSR count). The van der Waals surface area contributed by atoms with Crippen LogP contribution in [0.5, 0.6) is 0 Å². The topological polar surface area (TPSA) is 37.3 Å². The Bertz CT molecular complexity index is 244. The molecule has 1 N–H and O–H groups in total. The average Bonchev–Trinajstić information content (AvgIpc) is 2.41. The van der Waals surface area contributed by atoms with Gasteiger partial charge in [0.15, 0.2) is 0 Å². The number of carbonyl (C=O) groups excluding carboxylic acids is 1. The summed E-state index contributed by atoms with van der Waals surface area (Å²) in [4.78, 5) is 11.8. The molecule has 2 fully saturated rings. The van der Waals surface area contributed by atoms with Crippen LogP contribution in [-0.2, 0) is 4.79 Å². The van der Waals surface area contributed by atoms with E-state index in [1.54, 1.807) is 0 Å². The van der Waals surface area contributed by atoms with Crippen molar-refractivity contribution in [2.75, 3.05) is 0 Å². The van der Waals surface area contributed by atoms with Crippen LogP contribution in [0.2, 0.25) is 0 Å². The van der Waals surface area contributed by atoms with Crippen molar-refractivity contribution in [2.45, 2.75) is 52.1 Å². The third-order valence-electron chi connectivity index (χ3n) is 4.17. The molecule has 0 unspecified atom stereocenters. The molecule has 2 atom stereocenters. The van der Waals surface area contributed by atoms with Crippen LogP contribution in [0.3, 0.4) is 0 Å². The lowest BCUT2D eigenvalue weighted by atomic mass is 9.66. The van der Waals surface area contributed by atoms with Crippen LogP contribution in [0.25, 0.3) is 0 Å². The number of Topliss-reactive ketones (excluding diaryl/α,β-unsaturated/α-hetero) is 1. The number of aliphatic hydroxyl groups excluding tert-OH is 1. The zero-order chi connectivity index (χ0) is 9.69. The molecule has 2 heteroatoms. The van der Waals surface area contributed by atoms with Gasteiger partial charge < -0.3 is 5.11 Å². The fourth-order valence-corrected chi connectivity index (χ4v) is 3.40. The van der Waals surface area contributed by atoms with Gasteiger partial charge in [0.1, 0.15) is 5.78 Å². The summed E-state index contributed by atoms with van der Waals surface area (Å²) in [6.45, 7) is 4.26. The number of carbonyl (C=O) groups is 1. The summed E-state index contributed by atoms with van der Waals surface area (Å²) in [5, 5.41) is 9.66. The van der Waals surface area contributed by atoms with Crippen LogP contribution in [0.1, 0.15) is 46.0 Å². The van der Waals surface area contributed by atoms with E-state index in [4.69, 9.17) is 0 Å². The Morgan fingerprint density at radius 2 is 2.08 bits per heavy atom. The third-order valence-corrected chi connectivity index (χ3v) is 4.17. The van der Waals surface area contributed by atoms with Crippen molar-refractivity contribution in [3.8, 4) is 0 Å². The van der Waals surface area contributed by atoms with Gasteiger partial charge in [-0.05, 0) is 31.1 Å². The van der Waals surface area contributed by atoms with Gasteiger partial charge in [0.25, 0.3) is 0 Å². The van der Waals surface area contributed by atoms with Gasteiger partial charge in [-0.25, -0.2) is 0 Å². The average molecular weight is 182 g/mol. The van der Waals surface area contributed by atoms with E-state index in [0.29, 0.717) is 12.2 Å². The molecule has 0 bridgehead atoms. The van der Waals surface area contributed by atoms with E-state index in [0.717, 1.165) is 25.7 Å². The van der Waals surface area contributed by atoms with Crippen molar-refractivity contribution in [3.05, 3.63) is 0 Å². The number of hydrogen-bond donors (Lipinski definition) is 1. The number of rotatable bonds is 0. The molecule has 0 heterocycles. The molecule has 2 aliphatic rings. The minimum Gasteiger partial charge on any atom is -0.393 e. The van der Waals surface area contributed by atoms with Crippen LogP contribution in [0, 0.1) is 10.8 Å². The van der Waals surface area contributed by atoms with Crippen LogP contribution in [-0.4, -0.2) is 17.0 Å². The Hall–Kier alpha value is -0.370. The highest BCUT2D eigenvalue weighted by Gasteiger charge is 2.58. The summed E-state index contributed by atoms with van der Waals surface area (Å²) >= 11 is 0. The lowest BCUT2D eigenvalue weighted by Gasteiger charge is -2.36. The summed E-state index contributed by atoms with van der Waals surface area (Å²) in [5.41, 5.74) is -0.160. The Morgan fingerprint density at radius 1 is 1.38 bits per heavy atom. The van der Waals surface area contributed by atoms with E-state index in [1.807, 2.05) is 0 Å². The highest BCUT2D eigenvalue weighted by atomic mass is 16.3. The molecule has 0 amide bonds. The van der Waals surface area contributed by atoms with Crippen LogP contribution >= 0.6 is 0 Å². The molecule has 0 radical (unpaired) electrons. The molecule has 0 saturated heterocycles. The van der Waals surface area contributed by atoms with Gasteiger partial charge in [0.05, 0.1) is 6.10 Å². The summed E-state index contributed by atoms with van der Waals surface area (Å²) in [7, 11) is 0. The summed E-state index contributed by atoms with van der Waals surface area (Å²) < 4.78 is 0. The molecular formula is C11H18O2. The normalized spacial score (nSPS) is 43.3. The fraction of sp³-hybridized carbons (Fsp3) is 0.909. The minimum atomic E-state index is -0.253. The van der Waals surface area contributed by atoms with Crippen molar-refractivity contribution in [1.82, 2.24) is 0 Å². The van der Waals surface area contributed by atoms with Gasteiger partial charge in [0, 0.05) is 11.8 Å². The Morgan fingerprint density at radius 3 is 2.46 bits per heavy atom. The summed E-state index contributed by atoms with van der Waals surface area (Å²) in [5.74, 6) is 0.397. The standard InChI is InChI=1S/C11H18O2/c1-10(2)6-8(12)7-11(10)5-3-4-9(11)13/h8,12H,3-7H2,1-2H3/t8-,11-/m1/s1. The largest absolute Gasteiger partial charge is 0.393 e. The Balaban J connectivity index is 2.36. The first-order chi connectivity index (χ1) is 5.98. The number of ketones is 1. The number of aliphatic hydroxyl groups is 1. The van der Waals surface area contributed by atoms with E-state index >= 15 is 0 Å². The zero-order valence-electron chi connectivity index (χ0n) is 8.47. The van der Waals surface area contributed by atoms with E-state index in [9.17, 15) is 9.90 Å². The molecule has 0 aromatic rings. The Labute approximate surface area is 79.3 Å². The van der Waals surface area contributed by atoms with E-state index in [1.165, 1.54) is 0 Å². The van der Waals surface area contributed by atoms with Gasteiger partial charge in [-0.2, -0.15) is 0 Å². The second-order valence-corrected chi connectivity index (χ2v) is 5.30. The summed E-state index contributed by atoms with van der Waals surface area (Å²) in [6.07, 6.45) is 4.00. The van der Waals surface area contributed by atoms with Gasteiger partial charge in [-0.1, -0.05) is 13.8 Å². The quantitative estimate of drug-likeness (QED) is 0.621. The summed E-state index contributed by atoms with van der Waals surface area (Å²) in [6, 6.07) is 0. The third kappa shape index (κ3) is 1.08. The molecule has 2 saturated carbocycles. The first kappa shape index (κ1) is 9.20. The van der Waals surface area contributed by atoms with E-state index < -0.39 is 0 Å². The first-order valence-electron chi connectivity index (χ1n) is 5.19. The second kappa shape index (κ2) is 2.57. The van der Waals surface area contributed by atoms with Gasteiger partial charge in [0.2, 0.25) is 0 Å². The van der Waals surface area contributed by atoms with Crippen LogP contribution < -0.4 is 0 Å². The lowest BCUT2D eigenvalue weighted by Crippen LogP contribution is -2.36. The maximum Gasteiger partial charge on any atom is 0.139 e. The smallest absolute Gasteiger partial charge is 0.139 e. The monoisotopic (exact) mass is 182 g/mol. The molecule has 0 aromatic heterocycles. The van der Waals surface area contributed by atoms with E-state index in [2.05, 4.69) is 13.8 Å². The molecule has 0 aromatic carbocycles. The molecule has 1 spiro atoms. The van der Waals surface area contributed by atoms with Crippen LogP contribution in [0.4, 0.5) is 0 Å². The predicted octanol–water partition coefficient (Wildman–Crippen LogP) is 1.91. The molecule has 74 valence electrons. The maximum atomic E-state index is 11.8. The maximum absolute atomic E-state index is 11.8. The van der Waals surface area contributed by atoms with Crippen molar-refractivity contribution in [2.24, 2.45) is 10.8 Å². The van der Waals surface area contributed by atoms with E-state index in [-0.39, 0.29) is 16.9 Å². The van der Waals surface area contributed by atoms with Crippen molar-refractivity contribution in [1.29, 1.82) is 0 Å². The van der Waals surface area contributed by atoms with Gasteiger partial charge in [-0.3, -0.25) is 4.79 Å². The molecule has 2 nitrogen and oxygen atoms in total. The van der Waals surface area contributed by atoms with Gasteiger partial charge in [-0.15, -0.1) is 0 Å². The predicted molar refractivity (Wildman–Crippen MR) is 50.3 cm³/mol. The second-order valence-electron chi connectivity index (χ2n) is 5.30. The van der Waals surface area contributed by atoms with Crippen molar-refractivity contribution >= 4 is 5.78 Å². The van der Waals surface area contributed by atoms with Gasteiger partial charge >= 0.3 is 0 Å². The van der Waals surface area contributed by atoms with Crippen molar-refractivity contribution in [3.63, 3.8) is 0 Å². The Kier molecular flexibility index (Phi) is 1.82. The SMILES string of the molecule is CC1(C)C[C@@H](O)C[C@@]12CCCC2=O. The zero-order valence-corrected chi connectivity index (χ0v) is 8.47. The molecule has 13 heavy (non-hydrogen) atoms. The molecular weight excluding hydrogens is 164 g/mol. The van der Waals surface area contributed by atoms with Crippen molar-refractivity contribution < 1.29 is 9.90 Å². The number of hydrogen-bond acceptors (Lipinski definition) is 2. The molecule has 0 aliphatic heterocycles. The highest BCUT2D eigenvalue weighted by molar-refractivity contribution is 5.88.